The molecule has 0 aromatic heterocycles. The summed E-state index contributed by atoms with van der Waals surface area (Å²) >= 11 is 0. The van der Waals surface area contributed by atoms with E-state index in [1.54, 1.807) is 4.90 Å². The van der Waals surface area contributed by atoms with Gasteiger partial charge in [-0.05, 0) is 20.8 Å². The van der Waals surface area contributed by atoms with Gasteiger partial charge in [-0.25, -0.2) is 9.59 Å². The zero-order valence-electron chi connectivity index (χ0n) is 10.4. The zero-order valence-corrected chi connectivity index (χ0v) is 10.4. The van der Waals surface area contributed by atoms with Gasteiger partial charge >= 0.3 is 12.2 Å². The molecule has 6 heteroatoms. The van der Waals surface area contributed by atoms with Gasteiger partial charge in [-0.15, -0.1) is 0 Å². The summed E-state index contributed by atoms with van der Waals surface area (Å²) in [5.41, 5.74) is -0.500. The molecule has 1 N–H and O–H groups in total. The molecule has 0 unspecified atom stereocenters. The molecule has 2 rings (SSSR count). The Bertz CT molecular complexity index is 337. The van der Waals surface area contributed by atoms with Gasteiger partial charge in [-0.1, -0.05) is 0 Å². The van der Waals surface area contributed by atoms with Gasteiger partial charge < -0.3 is 19.7 Å². The van der Waals surface area contributed by atoms with Gasteiger partial charge in [-0.2, -0.15) is 0 Å². The predicted octanol–water partition coefficient (Wildman–Crippen LogP) is 0.962. The molecule has 2 fully saturated rings. The quantitative estimate of drug-likeness (QED) is 0.687. The summed E-state index contributed by atoms with van der Waals surface area (Å²) < 4.78 is 10.4. The second-order valence-corrected chi connectivity index (χ2v) is 5.47. The van der Waals surface area contributed by atoms with Crippen molar-refractivity contribution in [1.29, 1.82) is 0 Å². The molecule has 2 aliphatic heterocycles. The van der Waals surface area contributed by atoms with Gasteiger partial charge in [0, 0.05) is 19.0 Å². The van der Waals surface area contributed by atoms with Crippen molar-refractivity contribution in [2.75, 3.05) is 19.6 Å². The van der Waals surface area contributed by atoms with Crippen LogP contribution >= 0.6 is 0 Å². The summed E-state index contributed by atoms with van der Waals surface area (Å²) in [6, 6.07) is 0. The summed E-state index contributed by atoms with van der Waals surface area (Å²) in [5.74, 6) is 0.167. The third-order valence-electron chi connectivity index (χ3n) is 2.80. The molecular formula is C11H18N2O4. The lowest BCUT2D eigenvalue weighted by Gasteiger charge is -2.24. The highest BCUT2D eigenvalue weighted by Crippen LogP contribution is 2.24. The van der Waals surface area contributed by atoms with Gasteiger partial charge in [0.25, 0.3) is 0 Å². The minimum atomic E-state index is -0.500. The van der Waals surface area contributed by atoms with E-state index in [2.05, 4.69) is 5.32 Å². The first-order valence-electron chi connectivity index (χ1n) is 5.77. The SMILES string of the molecule is CC(C)(C)OC(=O)N1C[C@@H]2CNC(=O)O[C@H]2C1. The first-order valence-corrected chi connectivity index (χ1v) is 5.77. The lowest BCUT2D eigenvalue weighted by atomic mass is 10.1. The van der Waals surface area contributed by atoms with Crippen molar-refractivity contribution in [3.63, 3.8) is 0 Å². The van der Waals surface area contributed by atoms with Crippen molar-refractivity contribution < 1.29 is 19.1 Å². The summed E-state index contributed by atoms with van der Waals surface area (Å²) in [6.45, 7) is 7.04. The van der Waals surface area contributed by atoms with Crippen molar-refractivity contribution in [2.45, 2.75) is 32.5 Å². The van der Waals surface area contributed by atoms with Crippen molar-refractivity contribution in [3.05, 3.63) is 0 Å². The lowest BCUT2D eigenvalue weighted by molar-refractivity contribution is 0.0255. The van der Waals surface area contributed by atoms with E-state index in [4.69, 9.17) is 9.47 Å². The average Bonchev–Trinajstić information content (AvgIpc) is 2.57. The number of ether oxygens (including phenoxy) is 2. The van der Waals surface area contributed by atoms with Crippen LogP contribution in [0.15, 0.2) is 0 Å². The minimum absolute atomic E-state index is 0.167. The molecule has 17 heavy (non-hydrogen) atoms. The number of nitrogens with one attached hydrogen (secondary N) is 1. The molecule has 0 aromatic rings. The highest BCUT2D eigenvalue weighted by Gasteiger charge is 2.41. The van der Waals surface area contributed by atoms with Crippen LogP contribution in [0.1, 0.15) is 20.8 Å². The van der Waals surface area contributed by atoms with Gasteiger partial charge in [0.05, 0.1) is 6.54 Å². The number of hydrogen-bond acceptors (Lipinski definition) is 4. The van der Waals surface area contributed by atoms with Crippen LogP contribution in [-0.4, -0.2) is 48.4 Å². The molecule has 2 saturated heterocycles. The van der Waals surface area contributed by atoms with Gasteiger partial charge in [0.2, 0.25) is 0 Å². The number of amides is 2. The fourth-order valence-corrected chi connectivity index (χ4v) is 2.04. The van der Waals surface area contributed by atoms with Crippen LogP contribution < -0.4 is 5.32 Å². The molecule has 2 amide bonds. The molecule has 0 bridgehead atoms. The number of hydrogen-bond donors (Lipinski definition) is 1. The van der Waals surface area contributed by atoms with Gasteiger partial charge in [0.15, 0.2) is 0 Å². The number of alkyl carbamates (subject to hydrolysis) is 1. The maximum Gasteiger partial charge on any atom is 0.410 e. The Morgan fingerprint density at radius 3 is 2.82 bits per heavy atom. The smallest absolute Gasteiger partial charge is 0.410 e. The van der Waals surface area contributed by atoms with E-state index >= 15 is 0 Å². The minimum Gasteiger partial charge on any atom is -0.444 e. The fourth-order valence-electron chi connectivity index (χ4n) is 2.04. The van der Waals surface area contributed by atoms with Crippen LogP contribution in [0.25, 0.3) is 0 Å². The number of fused-ring (bicyclic) bond motifs is 1. The Hall–Kier alpha value is -1.46. The molecule has 0 aliphatic carbocycles. The molecule has 0 saturated carbocycles. The largest absolute Gasteiger partial charge is 0.444 e. The number of carbonyl (C=O) groups is 2. The normalized spacial score (nSPS) is 28.2. The van der Waals surface area contributed by atoms with Crippen molar-refractivity contribution in [1.82, 2.24) is 10.2 Å². The zero-order chi connectivity index (χ0) is 12.6. The van der Waals surface area contributed by atoms with Crippen LogP contribution in [0.4, 0.5) is 9.59 Å². The van der Waals surface area contributed by atoms with Crippen molar-refractivity contribution in [3.8, 4) is 0 Å². The van der Waals surface area contributed by atoms with Crippen LogP contribution in [0.2, 0.25) is 0 Å². The topological polar surface area (TPSA) is 67.9 Å². The number of nitrogens with zero attached hydrogens (tertiary/aromatic N) is 1. The molecule has 2 heterocycles. The van der Waals surface area contributed by atoms with Crippen molar-refractivity contribution >= 4 is 12.2 Å². The molecule has 6 nitrogen and oxygen atoms in total. The highest BCUT2D eigenvalue weighted by atomic mass is 16.6. The van der Waals surface area contributed by atoms with E-state index in [-0.39, 0.29) is 18.1 Å². The lowest BCUT2D eigenvalue weighted by Crippen LogP contribution is -2.44. The van der Waals surface area contributed by atoms with Gasteiger partial charge in [-0.3, -0.25) is 0 Å². The second-order valence-electron chi connectivity index (χ2n) is 5.47. The fraction of sp³-hybridized carbons (Fsp3) is 0.818. The first kappa shape index (κ1) is 12.0. The summed E-state index contributed by atoms with van der Waals surface area (Å²) in [4.78, 5) is 24.5. The van der Waals surface area contributed by atoms with E-state index in [1.807, 2.05) is 20.8 Å². The van der Waals surface area contributed by atoms with Crippen LogP contribution in [-0.2, 0) is 9.47 Å². The molecule has 0 radical (unpaired) electrons. The standard InChI is InChI=1S/C11H18N2O4/c1-11(2,3)17-10(15)13-5-7-4-12-9(14)16-8(7)6-13/h7-8H,4-6H2,1-3H3,(H,12,14)/t7-,8-/m0/s1. The first-order chi connectivity index (χ1) is 7.85. The Kier molecular flexibility index (Phi) is 2.89. The Morgan fingerprint density at radius 1 is 1.47 bits per heavy atom. The Labute approximate surface area is 100 Å². The summed E-state index contributed by atoms with van der Waals surface area (Å²) in [6.07, 6.45) is -0.948. The monoisotopic (exact) mass is 242 g/mol. The molecular weight excluding hydrogens is 224 g/mol. The predicted molar refractivity (Wildman–Crippen MR) is 59.6 cm³/mol. The van der Waals surface area contributed by atoms with Crippen LogP contribution in [0, 0.1) is 5.92 Å². The highest BCUT2D eigenvalue weighted by molar-refractivity contribution is 5.70. The van der Waals surface area contributed by atoms with Gasteiger partial charge in [0.1, 0.15) is 11.7 Å². The number of carbonyl (C=O) groups excluding carboxylic acids is 2. The molecule has 0 spiro atoms. The molecule has 0 aromatic carbocycles. The van der Waals surface area contributed by atoms with Crippen LogP contribution in [0.5, 0.6) is 0 Å². The van der Waals surface area contributed by atoms with E-state index in [1.165, 1.54) is 0 Å². The maximum absolute atomic E-state index is 11.8. The van der Waals surface area contributed by atoms with E-state index in [0.29, 0.717) is 19.6 Å². The second kappa shape index (κ2) is 4.09. The third-order valence-corrected chi connectivity index (χ3v) is 2.80. The molecule has 2 atom stereocenters. The maximum atomic E-state index is 11.8. The Balaban J connectivity index is 1.93. The van der Waals surface area contributed by atoms with Crippen LogP contribution in [0.3, 0.4) is 0 Å². The average molecular weight is 242 g/mol. The number of likely N-dealkylation sites (tertiary alicyclic amines) is 1. The Morgan fingerprint density at radius 2 is 2.18 bits per heavy atom. The number of rotatable bonds is 0. The van der Waals surface area contributed by atoms with Crippen molar-refractivity contribution in [2.24, 2.45) is 5.92 Å². The summed E-state index contributed by atoms with van der Waals surface area (Å²) in [7, 11) is 0. The van der Waals surface area contributed by atoms with E-state index in [9.17, 15) is 9.59 Å². The third kappa shape index (κ3) is 2.81. The summed E-state index contributed by atoms with van der Waals surface area (Å²) in [5, 5.41) is 2.62. The van der Waals surface area contributed by atoms with E-state index < -0.39 is 11.7 Å². The molecule has 2 aliphatic rings. The molecule has 96 valence electrons. The van der Waals surface area contributed by atoms with E-state index in [0.717, 1.165) is 0 Å².